The van der Waals surface area contributed by atoms with Gasteiger partial charge in [0.1, 0.15) is 5.75 Å². The number of aliphatic hydroxyl groups excluding tert-OH is 1. The number of benzene rings is 1. The lowest BCUT2D eigenvalue weighted by Gasteiger charge is -2.14. The number of para-hydroxylation sites is 1. The summed E-state index contributed by atoms with van der Waals surface area (Å²) in [6.45, 7) is 2.96. The molecular weight excluding hydrogens is 188 g/mol. The van der Waals surface area contributed by atoms with Gasteiger partial charge >= 0.3 is 0 Å². The maximum atomic E-state index is 10.2. The van der Waals surface area contributed by atoms with Crippen LogP contribution >= 0.6 is 0 Å². The van der Waals surface area contributed by atoms with Crippen molar-refractivity contribution >= 4 is 0 Å². The molecule has 0 amide bonds. The van der Waals surface area contributed by atoms with Gasteiger partial charge in [0.05, 0.1) is 12.7 Å². The maximum Gasteiger partial charge on any atom is 0.128 e. The molecule has 0 spiro atoms. The largest absolute Gasteiger partial charge is 0.493 e. The Balaban J connectivity index is 1.94. The topological polar surface area (TPSA) is 29.5 Å². The molecule has 2 heteroatoms. The molecule has 1 aromatic rings. The molecular formula is C13H16O2. The molecule has 0 saturated heterocycles. The van der Waals surface area contributed by atoms with E-state index in [4.69, 9.17) is 4.74 Å². The van der Waals surface area contributed by atoms with Gasteiger partial charge in [-0.05, 0) is 23.8 Å². The van der Waals surface area contributed by atoms with Gasteiger partial charge in [0.15, 0.2) is 0 Å². The summed E-state index contributed by atoms with van der Waals surface area (Å²) in [4.78, 5) is 0. The average Bonchev–Trinajstić information content (AvgIpc) is 2.80. The minimum atomic E-state index is -0.326. The summed E-state index contributed by atoms with van der Waals surface area (Å²) in [6.07, 6.45) is 1.80. The molecule has 3 unspecified atom stereocenters. The summed E-state index contributed by atoms with van der Waals surface area (Å²) in [5.41, 5.74) is 2.25. The molecule has 80 valence electrons. The Morgan fingerprint density at radius 1 is 1.47 bits per heavy atom. The van der Waals surface area contributed by atoms with Crippen molar-refractivity contribution in [3.8, 4) is 5.75 Å². The number of fused-ring (bicyclic) bond motifs is 1. The van der Waals surface area contributed by atoms with E-state index in [0.717, 1.165) is 30.8 Å². The van der Waals surface area contributed by atoms with E-state index in [9.17, 15) is 5.11 Å². The smallest absolute Gasteiger partial charge is 0.128 e. The Hall–Kier alpha value is -1.02. The first-order valence-electron chi connectivity index (χ1n) is 5.70. The van der Waals surface area contributed by atoms with Crippen LogP contribution in [0.4, 0.5) is 0 Å². The van der Waals surface area contributed by atoms with E-state index in [1.165, 1.54) is 5.56 Å². The van der Waals surface area contributed by atoms with Crippen LogP contribution in [-0.2, 0) is 6.42 Å². The van der Waals surface area contributed by atoms with Crippen molar-refractivity contribution in [1.82, 2.24) is 0 Å². The predicted molar refractivity (Wildman–Crippen MR) is 57.9 cm³/mol. The van der Waals surface area contributed by atoms with Gasteiger partial charge in [-0.15, -0.1) is 0 Å². The van der Waals surface area contributed by atoms with E-state index in [1.54, 1.807) is 0 Å². The molecule has 1 aromatic carbocycles. The van der Waals surface area contributed by atoms with Crippen molar-refractivity contribution < 1.29 is 9.84 Å². The molecule has 0 aromatic heterocycles. The summed E-state index contributed by atoms with van der Waals surface area (Å²) >= 11 is 0. The van der Waals surface area contributed by atoms with E-state index < -0.39 is 0 Å². The highest BCUT2D eigenvalue weighted by Gasteiger charge is 2.40. The molecule has 1 saturated carbocycles. The predicted octanol–water partition coefficient (Wildman–Crippen LogP) is 2.31. The Morgan fingerprint density at radius 3 is 3.00 bits per heavy atom. The van der Waals surface area contributed by atoms with Gasteiger partial charge in [0, 0.05) is 12.0 Å². The third kappa shape index (κ3) is 1.44. The van der Waals surface area contributed by atoms with Crippen LogP contribution in [0.1, 0.15) is 30.6 Å². The Bertz CT molecular complexity index is 386. The van der Waals surface area contributed by atoms with Crippen LogP contribution in [0.2, 0.25) is 0 Å². The van der Waals surface area contributed by atoms with Crippen molar-refractivity contribution in [1.29, 1.82) is 0 Å². The highest BCUT2D eigenvalue weighted by molar-refractivity contribution is 5.45. The van der Waals surface area contributed by atoms with E-state index in [0.29, 0.717) is 11.8 Å². The number of ether oxygens (including phenoxy) is 1. The molecule has 0 radical (unpaired) electrons. The maximum absolute atomic E-state index is 10.2. The minimum absolute atomic E-state index is 0.326. The molecule has 1 aliphatic heterocycles. The number of hydrogen-bond donors (Lipinski definition) is 1. The monoisotopic (exact) mass is 204 g/mol. The zero-order valence-electron chi connectivity index (χ0n) is 8.94. The van der Waals surface area contributed by atoms with Crippen molar-refractivity contribution in [3.63, 3.8) is 0 Å². The third-order valence-corrected chi connectivity index (χ3v) is 3.64. The third-order valence-electron chi connectivity index (χ3n) is 3.64. The molecule has 3 atom stereocenters. The van der Waals surface area contributed by atoms with Gasteiger partial charge in [-0.3, -0.25) is 0 Å². The summed E-state index contributed by atoms with van der Waals surface area (Å²) < 4.78 is 5.60. The van der Waals surface area contributed by atoms with Crippen LogP contribution in [0.15, 0.2) is 18.2 Å². The minimum Gasteiger partial charge on any atom is -0.493 e. The van der Waals surface area contributed by atoms with Crippen LogP contribution in [-0.4, -0.2) is 11.7 Å². The molecule has 1 aliphatic carbocycles. The van der Waals surface area contributed by atoms with Gasteiger partial charge in [-0.25, -0.2) is 0 Å². The summed E-state index contributed by atoms with van der Waals surface area (Å²) in [5.74, 6) is 2.06. The second kappa shape index (κ2) is 3.24. The molecule has 1 fully saturated rings. The normalized spacial score (nSPS) is 29.5. The number of hydrogen-bond acceptors (Lipinski definition) is 2. The van der Waals surface area contributed by atoms with Gasteiger partial charge in [0.2, 0.25) is 0 Å². The van der Waals surface area contributed by atoms with Crippen LogP contribution in [0.3, 0.4) is 0 Å². The van der Waals surface area contributed by atoms with Gasteiger partial charge in [-0.1, -0.05) is 25.1 Å². The first-order chi connectivity index (χ1) is 7.27. The second-order valence-corrected chi connectivity index (χ2v) is 4.76. The lowest BCUT2D eigenvalue weighted by molar-refractivity contribution is 0.144. The summed E-state index contributed by atoms with van der Waals surface area (Å²) in [5, 5.41) is 10.2. The lowest BCUT2D eigenvalue weighted by Crippen LogP contribution is -2.03. The van der Waals surface area contributed by atoms with Crippen LogP contribution in [0.5, 0.6) is 5.75 Å². The van der Waals surface area contributed by atoms with E-state index in [-0.39, 0.29) is 6.10 Å². The fraction of sp³-hybridized carbons (Fsp3) is 0.538. The summed E-state index contributed by atoms with van der Waals surface area (Å²) in [6, 6.07) is 6.12. The summed E-state index contributed by atoms with van der Waals surface area (Å²) in [7, 11) is 0. The van der Waals surface area contributed by atoms with Crippen LogP contribution < -0.4 is 4.74 Å². The van der Waals surface area contributed by atoms with E-state index >= 15 is 0 Å². The van der Waals surface area contributed by atoms with Crippen molar-refractivity contribution in [2.45, 2.75) is 25.9 Å². The standard InChI is InChI=1S/C13H16O2/c1-8-7-11(8)12(14)10-4-2-3-9-5-6-15-13(9)10/h2-4,8,11-12,14H,5-7H2,1H3. The Morgan fingerprint density at radius 2 is 2.27 bits per heavy atom. The van der Waals surface area contributed by atoms with Gasteiger partial charge in [0.25, 0.3) is 0 Å². The molecule has 15 heavy (non-hydrogen) atoms. The zero-order valence-corrected chi connectivity index (χ0v) is 8.94. The van der Waals surface area contributed by atoms with Gasteiger partial charge in [-0.2, -0.15) is 0 Å². The lowest BCUT2D eigenvalue weighted by atomic mass is 10.00. The van der Waals surface area contributed by atoms with E-state index in [2.05, 4.69) is 13.0 Å². The van der Waals surface area contributed by atoms with Crippen LogP contribution in [0.25, 0.3) is 0 Å². The zero-order chi connectivity index (χ0) is 10.4. The molecule has 2 nitrogen and oxygen atoms in total. The van der Waals surface area contributed by atoms with Gasteiger partial charge < -0.3 is 9.84 Å². The van der Waals surface area contributed by atoms with Crippen molar-refractivity contribution in [2.75, 3.05) is 6.61 Å². The molecule has 0 bridgehead atoms. The first kappa shape index (κ1) is 9.22. The Kier molecular flexibility index (Phi) is 1.99. The quantitative estimate of drug-likeness (QED) is 0.801. The van der Waals surface area contributed by atoms with E-state index in [1.807, 2.05) is 12.1 Å². The van der Waals surface area contributed by atoms with Crippen molar-refractivity contribution in [3.05, 3.63) is 29.3 Å². The highest BCUT2D eigenvalue weighted by Crippen LogP contribution is 2.49. The number of aliphatic hydroxyl groups is 1. The SMILES string of the molecule is CC1CC1C(O)c1cccc2c1OCC2. The first-order valence-corrected chi connectivity index (χ1v) is 5.70. The van der Waals surface area contributed by atoms with Crippen LogP contribution in [0, 0.1) is 11.8 Å². The molecule has 1 N–H and O–H groups in total. The van der Waals surface area contributed by atoms with Crippen molar-refractivity contribution in [2.24, 2.45) is 11.8 Å². The Labute approximate surface area is 89.9 Å². The molecule has 2 aliphatic rings. The average molecular weight is 204 g/mol. The molecule has 1 heterocycles. The second-order valence-electron chi connectivity index (χ2n) is 4.76. The number of rotatable bonds is 2. The fourth-order valence-electron chi connectivity index (χ4n) is 2.50. The molecule has 3 rings (SSSR count). The highest BCUT2D eigenvalue weighted by atomic mass is 16.5. The fourth-order valence-corrected chi connectivity index (χ4v) is 2.50.